The van der Waals surface area contributed by atoms with Gasteiger partial charge in [0.05, 0.1) is 5.69 Å². The average Bonchev–Trinajstić information content (AvgIpc) is 3.36. The zero-order chi connectivity index (χ0) is 21.8. The van der Waals surface area contributed by atoms with Crippen LogP contribution in [-0.4, -0.2) is 38.8 Å². The first-order valence-corrected chi connectivity index (χ1v) is 10.7. The standard InChI is InChI=1S/C26H23N5O/c32-26(19-8-3-1-4-9-19)31-15-13-21(18-31)25-29-23(20-10-7-14-27-17-20)16-24(30-25)28-22-11-5-2-6-12-22/h1-12,14,16-17,21H,13,15,18H2,(H,28,29,30)/t21-/m0/s1. The van der Waals surface area contributed by atoms with E-state index in [9.17, 15) is 4.79 Å². The summed E-state index contributed by atoms with van der Waals surface area (Å²) in [5.41, 5.74) is 3.42. The Bertz CT molecular complexity index is 1200. The number of carbonyl (C=O) groups is 1. The molecular formula is C26H23N5O. The molecule has 1 atom stereocenters. The molecule has 32 heavy (non-hydrogen) atoms. The van der Waals surface area contributed by atoms with Crippen molar-refractivity contribution in [2.45, 2.75) is 12.3 Å². The summed E-state index contributed by atoms with van der Waals surface area (Å²) < 4.78 is 0. The molecule has 1 saturated heterocycles. The van der Waals surface area contributed by atoms with E-state index in [1.54, 1.807) is 12.4 Å². The minimum atomic E-state index is 0.0548. The predicted molar refractivity (Wildman–Crippen MR) is 125 cm³/mol. The molecule has 0 bridgehead atoms. The van der Waals surface area contributed by atoms with Crippen LogP contribution < -0.4 is 5.32 Å². The van der Waals surface area contributed by atoms with Gasteiger partial charge in [0, 0.05) is 54.3 Å². The van der Waals surface area contributed by atoms with Gasteiger partial charge in [-0.1, -0.05) is 36.4 Å². The first kappa shape index (κ1) is 19.9. The Hall–Kier alpha value is -4.06. The summed E-state index contributed by atoms with van der Waals surface area (Å²) in [7, 11) is 0. The monoisotopic (exact) mass is 421 g/mol. The number of benzene rings is 2. The summed E-state index contributed by atoms with van der Waals surface area (Å²) in [6.45, 7) is 1.30. The Morgan fingerprint density at radius 2 is 1.72 bits per heavy atom. The van der Waals surface area contributed by atoms with E-state index >= 15 is 0 Å². The van der Waals surface area contributed by atoms with E-state index in [2.05, 4.69) is 10.3 Å². The quantitative estimate of drug-likeness (QED) is 0.496. The first-order chi connectivity index (χ1) is 15.8. The van der Waals surface area contributed by atoms with Crippen molar-refractivity contribution >= 4 is 17.4 Å². The van der Waals surface area contributed by atoms with Crippen molar-refractivity contribution in [1.82, 2.24) is 19.9 Å². The minimum Gasteiger partial charge on any atom is -0.340 e. The van der Waals surface area contributed by atoms with Crippen LogP contribution in [0.4, 0.5) is 11.5 Å². The number of aromatic nitrogens is 3. The van der Waals surface area contributed by atoms with Gasteiger partial charge >= 0.3 is 0 Å². The second-order valence-electron chi connectivity index (χ2n) is 7.83. The highest BCUT2D eigenvalue weighted by molar-refractivity contribution is 5.94. The molecule has 2 aromatic carbocycles. The normalized spacial score (nSPS) is 15.5. The van der Waals surface area contributed by atoms with Gasteiger partial charge in [-0.05, 0) is 42.8 Å². The number of nitrogens with zero attached hydrogens (tertiary/aromatic N) is 4. The lowest BCUT2D eigenvalue weighted by Gasteiger charge is -2.17. The van der Waals surface area contributed by atoms with Crippen LogP contribution in [0.15, 0.2) is 91.3 Å². The second-order valence-corrected chi connectivity index (χ2v) is 7.83. The molecule has 0 saturated carbocycles. The number of pyridine rings is 1. The molecular weight excluding hydrogens is 398 g/mol. The van der Waals surface area contributed by atoms with E-state index in [0.717, 1.165) is 35.0 Å². The van der Waals surface area contributed by atoms with E-state index in [1.807, 2.05) is 83.8 Å². The van der Waals surface area contributed by atoms with Gasteiger partial charge in [0.25, 0.3) is 5.91 Å². The lowest BCUT2D eigenvalue weighted by Crippen LogP contribution is -2.28. The van der Waals surface area contributed by atoms with E-state index in [4.69, 9.17) is 9.97 Å². The Morgan fingerprint density at radius 3 is 2.47 bits per heavy atom. The van der Waals surface area contributed by atoms with Crippen molar-refractivity contribution in [2.24, 2.45) is 0 Å². The molecule has 4 aromatic rings. The number of hydrogen-bond acceptors (Lipinski definition) is 5. The zero-order valence-electron chi connectivity index (χ0n) is 17.6. The fourth-order valence-electron chi connectivity index (χ4n) is 3.96. The van der Waals surface area contributed by atoms with Crippen molar-refractivity contribution in [3.8, 4) is 11.3 Å². The van der Waals surface area contributed by atoms with Crippen LogP contribution in [0.1, 0.15) is 28.5 Å². The number of para-hydroxylation sites is 1. The van der Waals surface area contributed by atoms with Crippen molar-refractivity contribution in [2.75, 3.05) is 18.4 Å². The fraction of sp³-hybridized carbons (Fsp3) is 0.154. The van der Waals surface area contributed by atoms with Gasteiger partial charge < -0.3 is 10.2 Å². The Morgan fingerprint density at radius 1 is 0.938 bits per heavy atom. The molecule has 1 amide bonds. The molecule has 5 rings (SSSR count). The lowest BCUT2D eigenvalue weighted by molar-refractivity contribution is 0.0790. The molecule has 6 heteroatoms. The fourth-order valence-corrected chi connectivity index (χ4v) is 3.96. The Kier molecular flexibility index (Phi) is 5.58. The predicted octanol–water partition coefficient (Wildman–Crippen LogP) is 4.91. The average molecular weight is 422 g/mol. The maximum atomic E-state index is 12.9. The number of nitrogens with one attached hydrogen (secondary N) is 1. The summed E-state index contributed by atoms with van der Waals surface area (Å²) in [4.78, 5) is 28.7. The number of likely N-dealkylation sites (tertiary alicyclic amines) is 1. The van der Waals surface area contributed by atoms with Crippen LogP contribution in [0.2, 0.25) is 0 Å². The van der Waals surface area contributed by atoms with Gasteiger partial charge in [-0.15, -0.1) is 0 Å². The molecule has 0 radical (unpaired) electrons. The zero-order valence-corrected chi connectivity index (χ0v) is 17.6. The van der Waals surface area contributed by atoms with Gasteiger partial charge in [-0.25, -0.2) is 9.97 Å². The third kappa shape index (κ3) is 4.34. The highest BCUT2D eigenvalue weighted by Crippen LogP contribution is 2.30. The van der Waals surface area contributed by atoms with Gasteiger partial charge in [-0.2, -0.15) is 0 Å². The number of hydrogen-bond donors (Lipinski definition) is 1. The summed E-state index contributed by atoms with van der Waals surface area (Å²) >= 11 is 0. The molecule has 0 spiro atoms. The summed E-state index contributed by atoms with van der Waals surface area (Å²) in [6, 6.07) is 25.2. The van der Waals surface area contributed by atoms with Crippen LogP contribution in [0.3, 0.4) is 0 Å². The van der Waals surface area contributed by atoms with E-state index in [1.165, 1.54) is 0 Å². The molecule has 1 aliphatic rings. The van der Waals surface area contributed by atoms with Crippen molar-refractivity contribution in [1.29, 1.82) is 0 Å². The highest BCUT2D eigenvalue weighted by atomic mass is 16.2. The van der Waals surface area contributed by atoms with Gasteiger partial charge in [0.2, 0.25) is 0 Å². The summed E-state index contributed by atoms with van der Waals surface area (Å²) in [5.74, 6) is 1.61. The maximum absolute atomic E-state index is 12.9. The number of anilines is 2. The Labute approximate surface area is 187 Å². The molecule has 158 valence electrons. The van der Waals surface area contributed by atoms with Crippen LogP contribution in [0.25, 0.3) is 11.3 Å². The van der Waals surface area contributed by atoms with Crippen molar-refractivity contribution in [3.05, 3.63) is 103 Å². The molecule has 0 unspecified atom stereocenters. The van der Waals surface area contributed by atoms with E-state index in [0.29, 0.717) is 18.7 Å². The first-order valence-electron chi connectivity index (χ1n) is 10.7. The number of amides is 1. The van der Waals surface area contributed by atoms with E-state index in [-0.39, 0.29) is 11.8 Å². The molecule has 1 aliphatic heterocycles. The van der Waals surface area contributed by atoms with Gasteiger partial charge in [0.15, 0.2) is 0 Å². The van der Waals surface area contributed by atoms with Gasteiger partial charge in [0.1, 0.15) is 11.6 Å². The van der Waals surface area contributed by atoms with Gasteiger partial charge in [-0.3, -0.25) is 9.78 Å². The molecule has 1 fully saturated rings. The SMILES string of the molecule is O=C(c1ccccc1)N1CC[C@H](c2nc(Nc3ccccc3)cc(-c3cccnc3)n2)C1. The third-order valence-corrected chi connectivity index (χ3v) is 5.61. The minimum absolute atomic E-state index is 0.0548. The largest absolute Gasteiger partial charge is 0.340 e. The Balaban J connectivity index is 1.44. The molecule has 6 nitrogen and oxygen atoms in total. The van der Waals surface area contributed by atoms with Crippen LogP contribution in [0, 0.1) is 0 Å². The summed E-state index contributed by atoms with van der Waals surface area (Å²) in [6.07, 6.45) is 4.39. The smallest absolute Gasteiger partial charge is 0.253 e. The molecule has 3 heterocycles. The summed E-state index contributed by atoms with van der Waals surface area (Å²) in [5, 5.41) is 3.39. The highest BCUT2D eigenvalue weighted by Gasteiger charge is 2.30. The maximum Gasteiger partial charge on any atom is 0.253 e. The molecule has 1 N–H and O–H groups in total. The van der Waals surface area contributed by atoms with Crippen LogP contribution >= 0.6 is 0 Å². The topological polar surface area (TPSA) is 71.0 Å². The number of rotatable bonds is 5. The van der Waals surface area contributed by atoms with Crippen molar-refractivity contribution in [3.63, 3.8) is 0 Å². The molecule has 2 aromatic heterocycles. The van der Waals surface area contributed by atoms with Crippen LogP contribution in [0.5, 0.6) is 0 Å². The van der Waals surface area contributed by atoms with E-state index < -0.39 is 0 Å². The van der Waals surface area contributed by atoms with Crippen LogP contribution in [-0.2, 0) is 0 Å². The lowest BCUT2D eigenvalue weighted by atomic mass is 10.1. The number of carbonyl (C=O) groups excluding carboxylic acids is 1. The second kappa shape index (κ2) is 8.98. The van der Waals surface area contributed by atoms with Crippen molar-refractivity contribution < 1.29 is 4.79 Å². The molecule has 0 aliphatic carbocycles. The third-order valence-electron chi connectivity index (χ3n) is 5.61.